The molecule has 1 aliphatic heterocycles. The summed E-state index contributed by atoms with van der Waals surface area (Å²) in [4.78, 5) is 31.6. The van der Waals surface area contributed by atoms with Gasteiger partial charge in [-0.2, -0.15) is 0 Å². The average Bonchev–Trinajstić information content (AvgIpc) is 3.46. The van der Waals surface area contributed by atoms with Crippen LogP contribution < -0.4 is 5.32 Å². The first kappa shape index (κ1) is 17.1. The van der Waals surface area contributed by atoms with Gasteiger partial charge >= 0.3 is 0 Å². The summed E-state index contributed by atoms with van der Waals surface area (Å²) in [6, 6.07) is 5.78. The van der Waals surface area contributed by atoms with E-state index in [-0.39, 0.29) is 23.8 Å². The van der Waals surface area contributed by atoms with Gasteiger partial charge in [-0.05, 0) is 56.7 Å². The predicted molar refractivity (Wildman–Crippen MR) is 99.4 cm³/mol. The van der Waals surface area contributed by atoms with Gasteiger partial charge in [0, 0.05) is 26.1 Å². The fraction of sp³-hybridized carbons (Fsp3) is 0.550. The number of hydrogen-bond donors (Lipinski definition) is 1. The number of nitrogens with one attached hydrogen (secondary N) is 1. The first-order chi connectivity index (χ1) is 12.5. The van der Waals surface area contributed by atoms with Crippen molar-refractivity contribution in [2.45, 2.75) is 51.6 Å². The summed E-state index contributed by atoms with van der Waals surface area (Å²) in [5.74, 6) is 1.28. The van der Waals surface area contributed by atoms with E-state index in [1.807, 2.05) is 37.1 Å². The van der Waals surface area contributed by atoms with Gasteiger partial charge in [-0.15, -0.1) is 0 Å². The van der Waals surface area contributed by atoms with E-state index >= 15 is 0 Å². The lowest BCUT2D eigenvalue weighted by Gasteiger charge is -2.35. The molecular formula is C20H26N4O2. The number of amides is 2. The van der Waals surface area contributed by atoms with Gasteiger partial charge in [0.05, 0.1) is 11.0 Å². The van der Waals surface area contributed by atoms with E-state index in [1.54, 1.807) is 0 Å². The molecule has 1 unspecified atom stereocenters. The van der Waals surface area contributed by atoms with Crippen molar-refractivity contribution in [3.05, 3.63) is 29.6 Å². The molecule has 0 radical (unpaired) electrons. The van der Waals surface area contributed by atoms with Gasteiger partial charge in [0.15, 0.2) is 0 Å². The third-order valence-corrected chi connectivity index (χ3v) is 5.65. The third-order valence-electron chi connectivity index (χ3n) is 5.65. The Labute approximate surface area is 153 Å². The second kappa shape index (κ2) is 6.74. The number of aromatic nitrogens is 2. The monoisotopic (exact) mass is 354 g/mol. The molecule has 138 valence electrons. The second-order valence-corrected chi connectivity index (χ2v) is 7.58. The fourth-order valence-corrected chi connectivity index (χ4v) is 3.82. The molecule has 6 nitrogen and oxygen atoms in total. The van der Waals surface area contributed by atoms with Crippen LogP contribution in [0.15, 0.2) is 18.2 Å². The lowest BCUT2D eigenvalue weighted by Crippen LogP contribution is -2.52. The molecule has 2 heterocycles. The fourth-order valence-electron chi connectivity index (χ4n) is 3.82. The average molecular weight is 354 g/mol. The summed E-state index contributed by atoms with van der Waals surface area (Å²) in [5, 5.41) is 3.03. The van der Waals surface area contributed by atoms with Gasteiger partial charge < -0.3 is 14.8 Å². The number of aryl methyl sites for hydroxylation is 2. The number of likely N-dealkylation sites (tertiary alicyclic amines) is 1. The Balaban J connectivity index is 1.43. The van der Waals surface area contributed by atoms with Crippen LogP contribution in [0.2, 0.25) is 0 Å². The van der Waals surface area contributed by atoms with Crippen LogP contribution >= 0.6 is 0 Å². The summed E-state index contributed by atoms with van der Waals surface area (Å²) in [7, 11) is 2.00. The summed E-state index contributed by atoms with van der Waals surface area (Å²) in [6.45, 7) is 3.16. The van der Waals surface area contributed by atoms with Crippen molar-refractivity contribution < 1.29 is 9.59 Å². The smallest absolute Gasteiger partial charge is 0.243 e. The zero-order valence-electron chi connectivity index (χ0n) is 15.5. The zero-order chi connectivity index (χ0) is 18.3. The molecule has 6 heteroatoms. The first-order valence-electron chi connectivity index (χ1n) is 9.55. The Morgan fingerprint density at radius 2 is 2.04 bits per heavy atom. The van der Waals surface area contributed by atoms with Gasteiger partial charge in [0.25, 0.3) is 0 Å². The SMILES string of the molecule is Cc1nc2cc(CNC(=O)C3CCCCN3C(=O)C3CC3)ccc2n1C. The molecule has 2 amide bonds. The van der Waals surface area contributed by atoms with Crippen molar-refractivity contribution in [3.8, 4) is 0 Å². The standard InChI is InChI=1S/C20H26N4O2/c1-13-22-16-11-14(6-9-17(16)23(13)2)12-21-19(25)18-5-3-4-10-24(18)20(26)15-7-8-15/h6,9,11,15,18H,3-5,7-8,10,12H2,1-2H3,(H,21,25). The molecule has 2 aliphatic rings. The number of fused-ring (bicyclic) bond motifs is 1. The minimum Gasteiger partial charge on any atom is -0.350 e. The lowest BCUT2D eigenvalue weighted by molar-refractivity contribution is -0.143. The van der Waals surface area contributed by atoms with Crippen molar-refractivity contribution in [3.63, 3.8) is 0 Å². The number of carbonyl (C=O) groups is 2. The highest BCUT2D eigenvalue weighted by Gasteiger charge is 2.39. The van der Waals surface area contributed by atoms with Crippen molar-refractivity contribution in [1.29, 1.82) is 0 Å². The molecule has 0 bridgehead atoms. The van der Waals surface area contributed by atoms with E-state index in [0.29, 0.717) is 13.1 Å². The molecule has 1 atom stereocenters. The molecule has 1 aromatic carbocycles. The third kappa shape index (κ3) is 3.20. The molecule has 1 saturated carbocycles. The highest BCUT2D eigenvalue weighted by Crippen LogP contribution is 2.33. The van der Waals surface area contributed by atoms with Crippen LogP contribution in [0.25, 0.3) is 11.0 Å². The maximum atomic E-state index is 12.7. The molecule has 1 aliphatic carbocycles. The van der Waals surface area contributed by atoms with Gasteiger partial charge in [-0.1, -0.05) is 6.07 Å². The Hall–Kier alpha value is -2.37. The molecule has 26 heavy (non-hydrogen) atoms. The Morgan fingerprint density at radius 1 is 1.23 bits per heavy atom. The number of hydrogen-bond acceptors (Lipinski definition) is 3. The number of carbonyl (C=O) groups excluding carboxylic acids is 2. The van der Waals surface area contributed by atoms with E-state index in [0.717, 1.165) is 54.5 Å². The maximum absolute atomic E-state index is 12.7. The number of piperidine rings is 1. The lowest BCUT2D eigenvalue weighted by atomic mass is 10.0. The number of benzene rings is 1. The van der Waals surface area contributed by atoms with Crippen molar-refractivity contribution in [1.82, 2.24) is 19.8 Å². The van der Waals surface area contributed by atoms with Crippen molar-refractivity contribution in [2.24, 2.45) is 13.0 Å². The van der Waals surface area contributed by atoms with Crippen molar-refractivity contribution in [2.75, 3.05) is 6.54 Å². The Bertz CT molecular complexity index is 853. The van der Waals surface area contributed by atoms with Crippen LogP contribution in [-0.4, -0.2) is 38.9 Å². The highest BCUT2D eigenvalue weighted by molar-refractivity contribution is 5.89. The van der Waals surface area contributed by atoms with Gasteiger partial charge in [0.1, 0.15) is 11.9 Å². The Kier molecular flexibility index (Phi) is 4.42. The summed E-state index contributed by atoms with van der Waals surface area (Å²) in [5.41, 5.74) is 3.06. The predicted octanol–water partition coefficient (Wildman–Crippen LogP) is 2.29. The van der Waals surface area contributed by atoms with E-state index < -0.39 is 0 Å². The van der Waals surface area contributed by atoms with Crippen molar-refractivity contribution >= 4 is 22.8 Å². The summed E-state index contributed by atoms with van der Waals surface area (Å²) in [6.07, 6.45) is 4.73. The molecule has 1 N–H and O–H groups in total. The zero-order valence-corrected chi connectivity index (χ0v) is 15.5. The minimum absolute atomic E-state index is 0.0315. The quantitative estimate of drug-likeness (QED) is 0.916. The minimum atomic E-state index is -0.308. The van der Waals surface area contributed by atoms with Crippen LogP contribution in [0.1, 0.15) is 43.5 Å². The topological polar surface area (TPSA) is 67.2 Å². The molecule has 2 aromatic rings. The van der Waals surface area contributed by atoms with Gasteiger partial charge in [-0.25, -0.2) is 4.98 Å². The highest BCUT2D eigenvalue weighted by atomic mass is 16.2. The summed E-state index contributed by atoms with van der Waals surface area (Å²) >= 11 is 0. The molecular weight excluding hydrogens is 328 g/mol. The normalized spacial score (nSPS) is 20.4. The second-order valence-electron chi connectivity index (χ2n) is 7.58. The molecule has 4 rings (SSSR count). The van der Waals surface area contributed by atoms with Crippen LogP contribution in [0.5, 0.6) is 0 Å². The summed E-state index contributed by atoms with van der Waals surface area (Å²) < 4.78 is 2.06. The van der Waals surface area contributed by atoms with E-state index in [2.05, 4.69) is 14.9 Å². The van der Waals surface area contributed by atoms with Gasteiger partial charge in [0.2, 0.25) is 11.8 Å². The first-order valence-corrected chi connectivity index (χ1v) is 9.55. The van der Waals surface area contributed by atoms with Gasteiger partial charge in [-0.3, -0.25) is 9.59 Å². The molecule has 1 saturated heterocycles. The van der Waals surface area contributed by atoms with E-state index in [9.17, 15) is 9.59 Å². The molecule has 2 fully saturated rings. The van der Waals surface area contributed by atoms with Crippen LogP contribution in [0, 0.1) is 12.8 Å². The van der Waals surface area contributed by atoms with Crippen LogP contribution in [0.3, 0.4) is 0 Å². The molecule has 0 spiro atoms. The largest absolute Gasteiger partial charge is 0.350 e. The van der Waals surface area contributed by atoms with Crippen LogP contribution in [-0.2, 0) is 23.2 Å². The Morgan fingerprint density at radius 3 is 2.81 bits per heavy atom. The van der Waals surface area contributed by atoms with E-state index in [1.165, 1.54) is 0 Å². The maximum Gasteiger partial charge on any atom is 0.243 e. The number of nitrogens with zero attached hydrogens (tertiary/aromatic N) is 3. The van der Waals surface area contributed by atoms with E-state index in [4.69, 9.17) is 0 Å². The van der Waals surface area contributed by atoms with Crippen LogP contribution in [0.4, 0.5) is 0 Å². The number of rotatable bonds is 4. The number of imidazole rings is 1. The molecule has 1 aromatic heterocycles.